The summed E-state index contributed by atoms with van der Waals surface area (Å²) in [5.74, 6) is 1.88. The Morgan fingerprint density at radius 2 is 1.89 bits per heavy atom. The first-order valence-electron chi connectivity index (χ1n) is 8.16. The Morgan fingerprint density at radius 3 is 2.63 bits per heavy atom. The van der Waals surface area contributed by atoms with E-state index in [2.05, 4.69) is 10.1 Å². The van der Waals surface area contributed by atoms with E-state index in [0.717, 1.165) is 11.3 Å². The average molecular weight is 422 g/mol. The van der Waals surface area contributed by atoms with Crippen LogP contribution in [-0.4, -0.2) is 33.7 Å². The molecule has 3 aromatic rings. The number of benzene rings is 2. The summed E-state index contributed by atoms with van der Waals surface area (Å²) in [6, 6.07) is 14.9. The quantitative estimate of drug-likeness (QED) is 0.540. The molecule has 0 saturated carbocycles. The van der Waals surface area contributed by atoms with E-state index in [0.29, 0.717) is 33.1 Å². The first kappa shape index (κ1) is 19.7. The van der Waals surface area contributed by atoms with Crippen LogP contribution in [0.4, 0.5) is 0 Å². The summed E-state index contributed by atoms with van der Waals surface area (Å²) in [6.45, 7) is 0.248. The van der Waals surface area contributed by atoms with Crippen molar-refractivity contribution < 1.29 is 9.32 Å². The molecule has 0 unspecified atom stereocenters. The Bertz CT molecular complexity index is 915. The van der Waals surface area contributed by atoms with Crippen LogP contribution < -0.4 is 0 Å². The van der Waals surface area contributed by atoms with Gasteiger partial charge in [-0.3, -0.25) is 4.79 Å². The van der Waals surface area contributed by atoms with Crippen molar-refractivity contribution in [2.45, 2.75) is 12.3 Å². The minimum atomic E-state index is -0.00791. The van der Waals surface area contributed by atoms with Gasteiger partial charge in [-0.05, 0) is 29.8 Å². The molecule has 0 aliphatic carbocycles. The van der Waals surface area contributed by atoms with Crippen molar-refractivity contribution in [2.24, 2.45) is 0 Å². The first-order valence-corrected chi connectivity index (χ1v) is 10.1. The summed E-state index contributed by atoms with van der Waals surface area (Å²) in [5, 5.41) is 5.20. The topological polar surface area (TPSA) is 59.2 Å². The molecule has 0 saturated heterocycles. The highest BCUT2D eigenvalue weighted by Crippen LogP contribution is 2.25. The SMILES string of the molecule is CN(Cc1nc(-c2ccccc2Cl)no1)C(=O)CSCc1ccc(Cl)cc1. The molecule has 0 bridgehead atoms. The van der Waals surface area contributed by atoms with Gasteiger partial charge in [0.15, 0.2) is 0 Å². The van der Waals surface area contributed by atoms with Crippen LogP contribution in [0.2, 0.25) is 10.0 Å². The maximum absolute atomic E-state index is 12.3. The molecular formula is C19H17Cl2N3O2S. The van der Waals surface area contributed by atoms with Crippen molar-refractivity contribution in [2.75, 3.05) is 12.8 Å². The van der Waals surface area contributed by atoms with Gasteiger partial charge in [-0.15, -0.1) is 11.8 Å². The summed E-state index contributed by atoms with van der Waals surface area (Å²) >= 11 is 13.6. The molecule has 0 fully saturated rings. The number of hydrogen-bond acceptors (Lipinski definition) is 5. The van der Waals surface area contributed by atoms with E-state index in [1.54, 1.807) is 29.8 Å². The van der Waals surface area contributed by atoms with Gasteiger partial charge in [0.25, 0.3) is 0 Å². The molecule has 0 spiro atoms. The molecule has 1 aromatic heterocycles. The van der Waals surface area contributed by atoms with E-state index >= 15 is 0 Å². The molecule has 0 atom stereocenters. The summed E-state index contributed by atoms with van der Waals surface area (Å²) in [7, 11) is 1.71. The number of rotatable bonds is 7. The van der Waals surface area contributed by atoms with Gasteiger partial charge in [-0.1, -0.05) is 52.6 Å². The van der Waals surface area contributed by atoms with Gasteiger partial charge in [0, 0.05) is 23.4 Å². The number of carbonyl (C=O) groups is 1. The van der Waals surface area contributed by atoms with Gasteiger partial charge in [0.05, 0.1) is 17.3 Å². The van der Waals surface area contributed by atoms with E-state index < -0.39 is 0 Å². The largest absolute Gasteiger partial charge is 0.337 e. The van der Waals surface area contributed by atoms with Gasteiger partial charge in [-0.25, -0.2) is 0 Å². The first-order chi connectivity index (χ1) is 13.0. The molecule has 0 aliphatic heterocycles. The highest BCUT2D eigenvalue weighted by molar-refractivity contribution is 7.99. The van der Waals surface area contributed by atoms with E-state index in [4.69, 9.17) is 27.7 Å². The number of nitrogens with zero attached hydrogens (tertiary/aromatic N) is 3. The summed E-state index contributed by atoms with van der Waals surface area (Å²) in [4.78, 5) is 18.2. The minimum absolute atomic E-state index is 0.00791. The van der Waals surface area contributed by atoms with Crippen molar-refractivity contribution in [3.8, 4) is 11.4 Å². The zero-order valence-electron chi connectivity index (χ0n) is 14.6. The van der Waals surface area contributed by atoms with Crippen LogP contribution >= 0.6 is 35.0 Å². The Kier molecular flexibility index (Phi) is 6.77. The van der Waals surface area contributed by atoms with Crippen LogP contribution in [0.5, 0.6) is 0 Å². The molecule has 1 heterocycles. The molecule has 0 aliphatic rings. The second-order valence-electron chi connectivity index (χ2n) is 5.86. The van der Waals surface area contributed by atoms with Crippen LogP contribution in [0.15, 0.2) is 53.1 Å². The lowest BCUT2D eigenvalue weighted by molar-refractivity contribution is -0.127. The molecule has 140 valence electrons. The summed E-state index contributed by atoms with van der Waals surface area (Å²) in [5.41, 5.74) is 1.82. The van der Waals surface area contributed by atoms with Gasteiger partial charge in [0.1, 0.15) is 0 Å². The van der Waals surface area contributed by atoms with Crippen molar-refractivity contribution >= 4 is 40.9 Å². The van der Waals surface area contributed by atoms with Crippen molar-refractivity contribution in [1.82, 2.24) is 15.0 Å². The lowest BCUT2D eigenvalue weighted by atomic mass is 10.2. The fourth-order valence-corrected chi connectivity index (χ4v) is 3.58. The van der Waals surface area contributed by atoms with E-state index in [1.165, 1.54) is 0 Å². The molecule has 2 aromatic carbocycles. The second kappa shape index (κ2) is 9.26. The maximum Gasteiger partial charge on any atom is 0.246 e. The van der Waals surface area contributed by atoms with Crippen LogP contribution in [0, 0.1) is 0 Å². The number of aromatic nitrogens is 2. The number of hydrogen-bond donors (Lipinski definition) is 0. The molecule has 5 nitrogen and oxygen atoms in total. The second-order valence-corrected chi connectivity index (χ2v) is 7.69. The fraction of sp³-hybridized carbons (Fsp3) is 0.211. The van der Waals surface area contributed by atoms with Crippen molar-refractivity contribution in [3.63, 3.8) is 0 Å². The normalized spacial score (nSPS) is 10.8. The standard InChI is InChI=1S/C19H17Cl2N3O2S/c1-24(18(25)12-27-11-13-6-8-14(20)9-7-13)10-17-22-19(23-26-17)15-4-2-3-5-16(15)21/h2-9H,10-12H2,1H3. The Hall–Kier alpha value is -2.02. The van der Waals surface area contributed by atoms with Gasteiger partial charge >= 0.3 is 0 Å². The van der Waals surface area contributed by atoms with Gasteiger partial charge in [-0.2, -0.15) is 4.98 Å². The summed E-state index contributed by atoms with van der Waals surface area (Å²) in [6.07, 6.45) is 0. The lowest BCUT2D eigenvalue weighted by Gasteiger charge is -2.14. The van der Waals surface area contributed by atoms with Crippen LogP contribution in [0.1, 0.15) is 11.5 Å². The molecule has 0 radical (unpaired) electrons. The molecule has 27 heavy (non-hydrogen) atoms. The van der Waals surface area contributed by atoms with Gasteiger partial charge in [0.2, 0.25) is 17.6 Å². The van der Waals surface area contributed by atoms with E-state index in [1.807, 2.05) is 42.5 Å². The van der Waals surface area contributed by atoms with Crippen molar-refractivity contribution in [1.29, 1.82) is 0 Å². The fourth-order valence-electron chi connectivity index (χ4n) is 2.31. The maximum atomic E-state index is 12.3. The van der Waals surface area contributed by atoms with Crippen LogP contribution in [0.3, 0.4) is 0 Å². The predicted molar refractivity (Wildman–Crippen MR) is 109 cm³/mol. The van der Waals surface area contributed by atoms with Gasteiger partial charge < -0.3 is 9.42 Å². The van der Waals surface area contributed by atoms with Crippen LogP contribution in [0.25, 0.3) is 11.4 Å². The number of halogens is 2. The average Bonchev–Trinajstić information content (AvgIpc) is 3.11. The summed E-state index contributed by atoms with van der Waals surface area (Å²) < 4.78 is 5.25. The molecule has 0 N–H and O–H groups in total. The Balaban J connectivity index is 1.51. The molecule has 8 heteroatoms. The zero-order valence-corrected chi connectivity index (χ0v) is 16.9. The Morgan fingerprint density at radius 1 is 1.15 bits per heavy atom. The molecular weight excluding hydrogens is 405 g/mol. The third kappa shape index (κ3) is 5.48. The lowest BCUT2D eigenvalue weighted by Crippen LogP contribution is -2.28. The molecule has 3 rings (SSSR count). The third-order valence-electron chi connectivity index (χ3n) is 3.79. The number of carbonyl (C=O) groups excluding carboxylic acids is 1. The monoisotopic (exact) mass is 421 g/mol. The minimum Gasteiger partial charge on any atom is -0.337 e. The smallest absolute Gasteiger partial charge is 0.246 e. The third-order valence-corrected chi connectivity index (χ3v) is 5.36. The predicted octanol–water partition coefficient (Wildman–Crippen LogP) is 4.94. The van der Waals surface area contributed by atoms with Crippen LogP contribution in [-0.2, 0) is 17.1 Å². The molecule has 1 amide bonds. The number of amides is 1. The zero-order chi connectivity index (χ0) is 19.2. The van der Waals surface area contributed by atoms with E-state index in [-0.39, 0.29) is 12.5 Å². The van der Waals surface area contributed by atoms with E-state index in [9.17, 15) is 4.79 Å². The van der Waals surface area contributed by atoms with Crippen molar-refractivity contribution in [3.05, 3.63) is 70.0 Å². The Labute approximate surface area is 171 Å². The highest BCUT2D eigenvalue weighted by atomic mass is 35.5. The highest BCUT2D eigenvalue weighted by Gasteiger charge is 2.16. The number of thioether (sulfide) groups is 1.